The number of hydrogen-bond acceptors (Lipinski definition) is 5. The Kier molecular flexibility index (Phi) is 6.31. The molecule has 2 heterocycles. The molecule has 1 fully saturated rings. The molecule has 1 saturated heterocycles. The highest BCUT2D eigenvalue weighted by molar-refractivity contribution is 7.89. The van der Waals surface area contributed by atoms with E-state index in [0.717, 1.165) is 5.69 Å². The first-order chi connectivity index (χ1) is 15.8. The van der Waals surface area contributed by atoms with Gasteiger partial charge in [-0.1, -0.05) is 18.2 Å². The molecule has 1 aromatic heterocycles. The van der Waals surface area contributed by atoms with Crippen molar-refractivity contribution in [3.63, 3.8) is 0 Å². The second-order valence-electron chi connectivity index (χ2n) is 8.10. The molecule has 33 heavy (non-hydrogen) atoms. The van der Waals surface area contributed by atoms with E-state index in [0.29, 0.717) is 35.5 Å². The Labute approximate surface area is 193 Å². The zero-order valence-electron chi connectivity index (χ0n) is 18.5. The van der Waals surface area contributed by atoms with Crippen LogP contribution in [0.15, 0.2) is 59.5 Å². The van der Waals surface area contributed by atoms with Crippen LogP contribution in [0.5, 0.6) is 0 Å². The summed E-state index contributed by atoms with van der Waals surface area (Å²) in [5.74, 6) is -0.414. The summed E-state index contributed by atoms with van der Waals surface area (Å²) < 4.78 is 30.0. The number of piperidine rings is 1. The first-order valence-electron chi connectivity index (χ1n) is 10.7. The van der Waals surface area contributed by atoms with E-state index < -0.39 is 10.0 Å². The fraction of sp³-hybridized carbons (Fsp3) is 0.292. The molecule has 8 nitrogen and oxygen atoms in total. The van der Waals surface area contributed by atoms with Crippen LogP contribution in [0.3, 0.4) is 0 Å². The van der Waals surface area contributed by atoms with Crippen LogP contribution in [-0.4, -0.2) is 41.5 Å². The lowest BCUT2D eigenvalue weighted by Gasteiger charge is -2.30. The minimum absolute atomic E-state index is 0.138. The Morgan fingerprint density at radius 2 is 1.70 bits per heavy atom. The number of nitriles is 1. The molecule has 0 unspecified atom stereocenters. The number of carbonyl (C=O) groups excluding carboxylic acids is 1. The van der Waals surface area contributed by atoms with Gasteiger partial charge >= 0.3 is 0 Å². The summed E-state index contributed by atoms with van der Waals surface area (Å²) >= 11 is 0. The predicted molar refractivity (Wildman–Crippen MR) is 124 cm³/mol. The van der Waals surface area contributed by atoms with Crippen molar-refractivity contribution in [3.8, 4) is 11.8 Å². The monoisotopic (exact) mass is 463 g/mol. The second kappa shape index (κ2) is 9.17. The van der Waals surface area contributed by atoms with Crippen molar-refractivity contribution < 1.29 is 13.2 Å². The van der Waals surface area contributed by atoms with E-state index >= 15 is 0 Å². The van der Waals surface area contributed by atoms with Gasteiger partial charge in [-0.3, -0.25) is 4.79 Å². The minimum atomic E-state index is -3.74. The van der Waals surface area contributed by atoms with Gasteiger partial charge in [0.15, 0.2) is 0 Å². The maximum absolute atomic E-state index is 13.4. The van der Waals surface area contributed by atoms with Gasteiger partial charge in [0.1, 0.15) is 4.90 Å². The number of sulfonamides is 1. The Morgan fingerprint density at radius 1 is 1.06 bits per heavy atom. The average Bonchev–Trinajstić information content (AvgIpc) is 3.14. The highest BCUT2D eigenvalue weighted by atomic mass is 32.2. The van der Waals surface area contributed by atoms with E-state index in [2.05, 4.69) is 10.4 Å². The van der Waals surface area contributed by atoms with Gasteiger partial charge in [0, 0.05) is 24.7 Å². The fourth-order valence-electron chi connectivity index (χ4n) is 4.18. The summed E-state index contributed by atoms with van der Waals surface area (Å²) in [5, 5.41) is 16.2. The highest BCUT2D eigenvalue weighted by Gasteiger charge is 2.35. The van der Waals surface area contributed by atoms with Gasteiger partial charge in [-0.25, -0.2) is 13.1 Å². The third kappa shape index (κ3) is 4.53. The first-order valence-corrected chi connectivity index (χ1v) is 12.2. The molecule has 170 valence electrons. The lowest BCUT2D eigenvalue weighted by atomic mass is 9.97. The molecule has 0 atom stereocenters. The summed E-state index contributed by atoms with van der Waals surface area (Å²) in [6.45, 7) is 4.00. The van der Waals surface area contributed by atoms with E-state index in [9.17, 15) is 13.2 Å². The van der Waals surface area contributed by atoms with Gasteiger partial charge < -0.3 is 5.32 Å². The van der Waals surface area contributed by atoms with Gasteiger partial charge in [-0.05, 0) is 63.1 Å². The molecule has 9 heteroatoms. The standard InChI is InChI=1S/C24H25N5O3S/c1-17-23(18(2)29(27-17)22-6-4-3-5-7-22)33(31,32)28-14-12-20(13-15-28)24(30)26-21-10-8-19(16-25)9-11-21/h3-11,20H,12-15H2,1-2H3,(H,26,30). The van der Waals surface area contributed by atoms with E-state index in [1.807, 2.05) is 36.4 Å². The van der Waals surface area contributed by atoms with Gasteiger partial charge in [-0.15, -0.1) is 0 Å². The Hall–Kier alpha value is -3.48. The number of hydrogen-bond donors (Lipinski definition) is 1. The van der Waals surface area contributed by atoms with Crippen LogP contribution in [0.1, 0.15) is 29.8 Å². The third-order valence-corrected chi connectivity index (χ3v) is 8.08. The lowest BCUT2D eigenvalue weighted by molar-refractivity contribution is -0.120. The molecule has 0 saturated carbocycles. The molecule has 0 aliphatic carbocycles. The van der Waals surface area contributed by atoms with E-state index in [-0.39, 0.29) is 29.8 Å². The van der Waals surface area contributed by atoms with Crippen LogP contribution in [0.25, 0.3) is 5.69 Å². The smallest absolute Gasteiger partial charge is 0.246 e. The molecule has 1 aliphatic heterocycles. The van der Waals surface area contributed by atoms with Crippen LogP contribution in [0.4, 0.5) is 5.69 Å². The quantitative estimate of drug-likeness (QED) is 0.624. The number of carbonyl (C=O) groups is 1. The zero-order chi connectivity index (χ0) is 23.6. The molecule has 0 spiro atoms. The first kappa shape index (κ1) is 22.7. The molecular formula is C24H25N5O3S. The van der Waals surface area contributed by atoms with Crippen molar-refractivity contribution in [1.29, 1.82) is 5.26 Å². The van der Waals surface area contributed by atoms with Crippen molar-refractivity contribution in [2.45, 2.75) is 31.6 Å². The van der Waals surface area contributed by atoms with Crippen molar-refractivity contribution in [3.05, 3.63) is 71.5 Å². The number of aryl methyl sites for hydroxylation is 1. The summed E-state index contributed by atoms with van der Waals surface area (Å²) in [6.07, 6.45) is 0.874. The van der Waals surface area contributed by atoms with Crippen LogP contribution >= 0.6 is 0 Å². The summed E-state index contributed by atoms with van der Waals surface area (Å²) in [6, 6.07) is 18.1. The molecule has 2 aromatic carbocycles. The maximum Gasteiger partial charge on any atom is 0.246 e. The maximum atomic E-state index is 13.4. The average molecular weight is 464 g/mol. The number of para-hydroxylation sites is 1. The van der Waals surface area contributed by atoms with Crippen molar-refractivity contribution in [1.82, 2.24) is 14.1 Å². The van der Waals surface area contributed by atoms with Crippen LogP contribution < -0.4 is 5.32 Å². The number of rotatable bonds is 5. The predicted octanol–water partition coefficient (Wildman–Crippen LogP) is 3.40. The molecule has 3 aromatic rings. The molecule has 0 bridgehead atoms. The molecule has 1 aliphatic rings. The topological polar surface area (TPSA) is 108 Å². The number of benzene rings is 2. The van der Waals surface area contributed by atoms with Gasteiger partial charge in [0.25, 0.3) is 0 Å². The van der Waals surface area contributed by atoms with E-state index in [1.165, 1.54) is 4.31 Å². The zero-order valence-corrected chi connectivity index (χ0v) is 19.3. The van der Waals surface area contributed by atoms with Crippen molar-refractivity contribution in [2.24, 2.45) is 5.92 Å². The van der Waals surface area contributed by atoms with Crippen LogP contribution in [0.2, 0.25) is 0 Å². The van der Waals surface area contributed by atoms with E-state index in [4.69, 9.17) is 5.26 Å². The van der Waals surface area contributed by atoms with Crippen molar-refractivity contribution >= 4 is 21.6 Å². The molecule has 1 amide bonds. The summed E-state index contributed by atoms with van der Waals surface area (Å²) in [7, 11) is -3.74. The molecule has 1 N–H and O–H groups in total. The van der Waals surface area contributed by atoms with Gasteiger partial charge in [-0.2, -0.15) is 14.7 Å². The minimum Gasteiger partial charge on any atom is -0.326 e. The number of nitrogens with zero attached hydrogens (tertiary/aromatic N) is 4. The Morgan fingerprint density at radius 3 is 2.30 bits per heavy atom. The number of anilines is 1. The largest absolute Gasteiger partial charge is 0.326 e. The normalized spacial score (nSPS) is 15.2. The van der Waals surface area contributed by atoms with Crippen molar-refractivity contribution in [2.75, 3.05) is 18.4 Å². The number of nitrogens with one attached hydrogen (secondary N) is 1. The fourth-order valence-corrected chi connectivity index (χ4v) is 6.01. The molecule has 0 radical (unpaired) electrons. The van der Waals surface area contributed by atoms with Gasteiger partial charge in [0.2, 0.25) is 15.9 Å². The summed E-state index contributed by atoms with van der Waals surface area (Å²) in [5.41, 5.74) is 2.97. The molecule has 4 rings (SSSR count). The second-order valence-corrected chi connectivity index (χ2v) is 9.98. The SMILES string of the molecule is Cc1nn(-c2ccccc2)c(C)c1S(=O)(=O)N1CCC(C(=O)Nc2ccc(C#N)cc2)CC1. The number of aromatic nitrogens is 2. The van der Waals surface area contributed by atoms with Gasteiger partial charge in [0.05, 0.1) is 28.7 Å². The Balaban J connectivity index is 1.45. The van der Waals surface area contributed by atoms with Crippen LogP contribution in [-0.2, 0) is 14.8 Å². The third-order valence-electron chi connectivity index (χ3n) is 5.93. The molecular weight excluding hydrogens is 438 g/mol. The lowest BCUT2D eigenvalue weighted by Crippen LogP contribution is -2.41. The Bertz CT molecular complexity index is 1300. The van der Waals surface area contributed by atoms with Crippen LogP contribution in [0, 0.1) is 31.1 Å². The summed E-state index contributed by atoms with van der Waals surface area (Å²) in [4.78, 5) is 12.9. The number of amides is 1. The highest BCUT2D eigenvalue weighted by Crippen LogP contribution is 2.29. The van der Waals surface area contributed by atoms with E-state index in [1.54, 1.807) is 42.8 Å².